The largest absolute Gasteiger partial charge is 0.496 e. The summed E-state index contributed by atoms with van der Waals surface area (Å²) in [6.07, 6.45) is 0. The number of para-hydroxylation sites is 2. The molecular formula is C26H24FNO8. The lowest BCUT2D eigenvalue weighted by Crippen LogP contribution is -2.20. The number of benzene rings is 3. The van der Waals surface area contributed by atoms with Crippen LogP contribution in [0.15, 0.2) is 60.7 Å². The molecule has 188 valence electrons. The van der Waals surface area contributed by atoms with Crippen LogP contribution in [0.2, 0.25) is 0 Å². The molecule has 0 aromatic heterocycles. The molecule has 0 aliphatic carbocycles. The molecule has 0 radical (unpaired) electrons. The number of halogens is 1. The average molecular weight is 497 g/mol. The maximum Gasteiger partial charge on any atom is 0.338 e. The van der Waals surface area contributed by atoms with Gasteiger partial charge in [-0.3, -0.25) is 9.59 Å². The Labute approximate surface area is 206 Å². The highest BCUT2D eigenvalue weighted by molar-refractivity contribution is 6.01. The molecule has 0 saturated carbocycles. The molecule has 10 heteroatoms. The molecule has 0 atom stereocenters. The molecule has 0 aliphatic heterocycles. The number of anilines is 1. The molecule has 0 aliphatic rings. The molecule has 3 aromatic carbocycles. The Balaban J connectivity index is 1.60. The second-order valence-corrected chi connectivity index (χ2v) is 7.25. The van der Waals surface area contributed by atoms with Crippen LogP contribution < -0.4 is 24.3 Å². The number of carbonyl (C=O) groups excluding carboxylic acids is 3. The molecule has 0 fully saturated rings. The monoisotopic (exact) mass is 497 g/mol. The van der Waals surface area contributed by atoms with Crippen LogP contribution in [0.1, 0.15) is 20.7 Å². The number of amides is 1. The zero-order valence-corrected chi connectivity index (χ0v) is 19.8. The molecule has 1 N–H and O–H groups in total. The highest BCUT2D eigenvalue weighted by atomic mass is 19.1. The molecule has 0 bridgehead atoms. The van der Waals surface area contributed by atoms with Gasteiger partial charge in [-0.25, -0.2) is 9.18 Å². The van der Waals surface area contributed by atoms with Crippen LogP contribution in [0.5, 0.6) is 23.0 Å². The maximum absolute atomic E-state index is 13.5. The minimum atomic E-state index is -0.808. The standard InChI is InChI=1S/C26H24FNO8/c1-32-21-11-9-17(27)13-18(21)20(29)14-36-26(31)16-8-10-23(24(12-16)34-3)35-15-25(30)28-19-6-4-5-7-22(19)33-2/h4-13H,14-15H2,1-3H3,(H,28,30). The van der Waals surface area contributed by atoms with E-state index in [1.807, 2.05) is 0 Å². The van der Waals surface area contributed by atoms with Gasteiger partial charge in [0, 0.05) is 0 Å². The predicted octanol–water partition coefficient (Wildman–Crippen LogP) is 3.91. The van der Waals surface area contributed by atoms with Crippen molar-refractivity contribution in [3.63, 3.8) is 0 Å². The van der Waals surface area contributed by atoms with Gasteiger partial charge in [-0.15, -0.1) is 0 Å². The van der Waals surface area contributed by atoms with E-state index in [0.29, 0.717) is 11.4 Å². The van der Waals surface area contributed by atoms with Crippen LogP contribution in [0.4, 0.5) is 10.1 Å². The van der Waals surface area contributed by atoms with E-state index in [4.69, 9.17) is 23.7 Å². The zero-order valence-electron chi connectivity index (χ0n) is 19.8. The van der Waals surface area contributed by atoms with Crippen molar-refractivity contribution in [3.8, 4) is 23.0 Å². The third-order valence-corrected chi connectivity index (χ3v) is 4.94. The van der Waals surface area contributed by atoms with E-state index >= 15 is 0 Å². The summed E-state index contributed by atoms with van der Waals surface area (Å²) in [5.74, 6) is -1.45. The van der Waals surface area contributed by atoms with Crippen molar-refractivity contribution in [1.82, 2.24) is 0 Å². The lowest BCUT2D eigenvalue weighted by molar-refractivity contribution is -0.118. The van der Waals surface area contributed by atoms with Gasteiger partial charge >= 0.3 is 5.97 Å². The molecule has 1 amide bonds. The number of hydrogen-bond donors (Lipinski definition) is 1. The predicted molar refractivity (Wildman–Crippen MR) is 128 cm³/mol. The van der Waals surface area contributed by atoms with E-state index in [9.17, 15) is 18.8 Å². The van der Waals surface area contributed by atoms with Crippen molar-refractivity contribution in [2.75, 3.05) is 39.9 Å². The summed E-state index contributed by atoms with van der Waals surface area (Å²) in [5.41, 5.74) is 0.527. The molecule has 0 unspecified atom stereocenters. The molecule has 36 heavy (non-hydrogen) atoms. The van der Waals surface area contributed by atoms with Crippen molar-refractivity contribution in [1.29, 1.82) is 0 Å². The fourth-order valence-corrected chi connectivity index (χ4v) is 3.18. The van der Waals surface area contributed by atoms with E-state index in [1.54, 1.807) is 24.3 Å². The Morgan fingerprint density at radius 2 is 1.47 bits per heavy atom. The Morgan fingerprint density at radius 3 is 2.19 bits per heavy atom. The van der Waals surface area contributed by atoms with Gasteiger partial charge in [0.05, 0.1) is 38.1 Å². The summed E-state index contributed by atoms with van der Waals surface area (Å²) in [5, 5.41) is 2.68. The smallest absolute Gasteiger partial charge is 0.338 e. The molecule has 3 aromatic rings. The number of carbonyl (C=O) groups is 3. The summed E-state index contributed by atoms with van der Waals surface area (Å²) >= 11 is 0. The second kappa shape index (κ2) is 12.2. The topological polar surface area (TPSA) is 109 Å². The van der Waals surface area contributed by atoms with Gasteiger partial charge in [0.1, 0.15) is 17.3 Å². The van der Waals surface area contributed by atoms with Crippen molar-refractivity contribution < 1.29 is 42.5 Å². The summed E-state index contributed by atoms with van der Waals surface area (Å²) in [6.45, 7) is -0.954. The first-order valence-electron chi connectivity index (χ1n) is 10.6. The van der Waals surface area contributed by atoms with Crippen molar-refractivity contribution in [3.05, 3.63) is 77.6 Å². The molecule has 9 nitrogen and oxygen atoms in total. The number of rotatable bonds is 11. The quantitative estimate of drug-likeness (QED) is 0.314. The van der Waals surface area contributed by atoms with Gasteiger partial charge in [0.2, 0.25) is 5.78 Å². The van der Waals surface area contributed by atoms with Crippen LogP contribution in [0.3, 0.4) is 0 Å². The van der Waals surface area contributed by atoms with E-state index in [1.165, 1.54) is 45.6 Å². The zero-order chi connectivity index (χ0) is 26.1. The normalized spacial score (nSPS) is 10.2. The summed E-state index contributed by atoms with van der Waals surface area (Å²) < 4.78 is 39.6. The number of hydrogen-bond acceptors (Lipinski definition) is 8. The highest BCUT2D eigenvalue weighted by Crippen LogP contribution is 2.29. The van der Waals surface area contributed by atoms with Gasteiger partial charge in [-0.1, -0.05) is 12.1 Å². The fourth-order valence-electron chi connectivity index (χ4n) is 3.18. The fraction of sp³-hybridized carbons (Fsp3) is 0.192. The summed E-state index contributed by atoms with van der Waals surface area (Å²) in [4.78, 5) is 37.1. The van der Waals surface area contributed by atoms with E-state index in [0.717, 1.165) is 12.1 Å². The first kappa shape index (κ1) is 26.0. The van der Waals surface area contributed by atoms with Gasteiger partial charge in [-0.2, -0.15) is 0 Å². The van der Waals surface area contributed by atoms with E-state index in [-0.39, 0.29) is 35.0 Å². The van der Waals surface area contributed by atoms with Gasteiger partial charge in [-0.05, 0) is 48.5 Å². The van der Waals surface area contributed by atoms with E-state index in [2.05, 4.69) is 5.32 Å². The lowest BCUT2D eigenvalue weighted by atomic mass is 10.1. The second-order valence-electron chi connectivity index (χ2n) is 7.25. The van der Waals surface area contributed by atoms with Crippen molar-refractivity contribution >= 4 is 23.3 Å². The summed E-state index contributed by atoms with van der Waals surface area (Å²) in [7, 11) is 4.20. The first-order chi connectivity index (χ1) is 17.4. The molecule has 0 spiro atoms. The number of ether oxygens (including phenoxy) is 5. The third kappa shape index (κ3) is 6.50. The average Bonchev–Trinajstić information content (AvgIpc) is 2.90. The lowest BCUT2D eigenvalue weighted by Gasteiger charge is -2.13. The van der Waals surface area contributed by atoms with Crippen molar-refractivity contribution in [2.24, 2.45) is 0 Å². The first-order valence-corrected chi connectivity index (χ1v) is 10.6. The highest BCUT2D eigenvalue weighted by Gasteiger charge is 2.18. The van der Waals surface area contributed by atoms with Gasteiger partial charge < -0.3 is 29.0 Å². The third-order valence-electron chi connectivity index (χ3n) is 4.94. The van der Waals surface area contributed by atoms with Crippen molar-refractivity contribution in [2.45, 2.75) is 0 Å². The Hall–Kier alpha value is -4.60. The maximum atomic E-state index is 13.5. The van der Waals surface area contributed by atoms with E-state index < -0.39 is 30.1 Å². The molecule has 0 heterocycles. The van der Waals surface area contributed by atoms with Crippen LogP contribution in [-0.4, -0.2) is 52.2 Å². The number of Topliss-reactive ketones (excluding diaryl/α,β-unsaturated/α-hetero) is 1. The van der Waals surface area contributed by atoms with Gasteiger partial charge in [0.25, 0.3) is 5.91 Å². The Kier molecular flexibility index (Phi) is 8.82. The minimum Gasteiger partial charge on any atom is -0.496 e. The van der Waals surface area contributed by atoms with Crippen LogP contribution in [0.25, 0.3) is 0 Å². The van der Waals surface area contributed by atoms with Gasteiger partial charge in [0.15, 0.2) is 24.7 Å². The van der Waals surface area contributed by atoms with Crippen LogP contribution in [0, 0.1) is 5.82 Å². The van der Waals surface area contributed by atoms with Crippen LogP contribution in [-0.2, 0) is 9.53 Å². The Morgan fingerprint density at radius 1 is 0.778 bits per heavy atom. The molecule has 0 saturated heterocycles. The Bertz CT molecular complexity index is 1260. The molecule has 3 rings (SSSR count). The number of methoxy groups -OCH3 is 3. The summed E-state index contributed by atoms with van der Waals surface area (Å²) in [6, 6.07) is 14.6. The number of nitrogens with one attached hydrogen (secondary N) is 1. The molecular weight excluding hydrogens is 473 g/mol. The SMILES string of the molecule is COc1ccccc1NC(=O)COc1ccc(C(=O)OCC(=O)c2cc(F)ccc2OC)cc1OC. The minimum absolute atomic E-state index is 0.0435. The number of ketones is 1. The van der Waals surface area contributed by atoms with Crippen LogP contribution >= 0.6 is 0 Å². The number of esters is 1.